The van der Waals surface area contributed by atoms with Crippen LogP contribution in [0.2, 0.25) is 0 Å². The van der Waals surface area contributed by atoms with E-state index in [4.69, 9.17) is 0 Å². The first-order chi connectivity index (χ1) is 5.68. The SMILES string of the molecule is C[C@@]1(O)C[C@H]1Cc1ccccc1. The van der Waals surface area contributed by atoms with Crippen LogP contribution in [0, 0.1) is 5.92 Å². The van der Waals surface area contributed by atoms with E-state index in [1.165, 1.54) is 5.56 Å². The lowest BCUT2D eigenvalue weighted by Gasteiger charge is -2.02. The summed E-state index contributed by atoms with van der Waals surface area (Å²) in [6, 6.07) is 10.4. The van der Waals surface area contributed by atoms with Gasteiger partial charge in [0.05, 0.1) is 5.60 Å². The van der Waals surface area contributed by atoms with Gasteiger partial charge in [-0.15, -0.1) is 0 Å². The Labute approximate surface area is 73.0 Å². The lowest BCUT2D eigenvalue weighted by Crippen LogP contribution is -2.05. The predicted octanol–water partition coefficient (Wildman–Crippen LogP) is 2.00. The van der Waals surface area contributed by atoms with E-state index in [9.17, 15) is 5.11 Å². The number of aliphatic hydroxyl groups is 1. The summed E-state index contributed by atoms with van der Waals surface area (Å²) in [4.78, 5) is 0. The highest BCUT2D eigenvalue weighted by Gasteiger charge is 2.47. The van der Waals surface area contributed by atoms with Crippen molar-refractivity contribution < 1.29 is 5.11 Å². The zero-order valence-corrected chi connectivity index (χ0v) is 7.33. The molecule has 1 aromatic carbocycles. The molecule has 0 unspecified atom stereocenters. The quantitative estimate of drug-likeness (QED) is 0.705. The van der Waals surface area contributed by atoms with Gasteiger partial charge in [0.2, 0.25) is 0 Å². The Morgan fingerprint density at radius 2 is 2.00 bits per heavy atom. The summed E-state index contributed by atoms with van der Waals surface area (Å²) in [6.07, 6.45) is 1.98. The highest BCUT2D eigenvalue weighted by Crippen LogP contribution is 2.44. The average Bonchev–Trinajstić information content (AvgIpc) is 2.61. The second-order valence-electron chi connectivity index (χ2n) is 3.95. The second kappa shape index (κ2) is 2.60. The Bertz CT molecular complexity index is 264. The summed E-state index contributed by atoms with van der Waals surface area (Å²) >= 11 is 0. The first kappa shape index (κ1) is 7.81. The molecule has 1 saturated carbocycles. The first-order valence-corrected chi connectivity index (χ1v) is 4.45. The Balaban J connectivity index is 1.98. The van der Waals surface area contributed by atoms with Gasteiger partial charge in [-0.3, -0.25) is 0 Å². The van der Waals surface area contributed by atoms with Gasteiger partial charge in [0.15, 0.2) is 0 Å². The van der Waals surface area contributed by atoms with Crippen molar-refractivity contribution in [3.8, 4) is 0 Å². The van der Waals surface area contributed by atoms with Gasteiger partial charge in [0.1, 0.15) is 0 Å². The van der Waals surface area contributed by atoms with Gasteiger partial charge in [-0.1, -0.05) is 30.3 Å². The molecule has 1 nitrogen and oxygen atoms in total. The Morgan fingerprint density at radius 1 is 1.42 bits per heavy atom. The molecule has 0 heterocycles. The van der Waals surface area contributed by atoms with E-state index in [1.807, 2.05) is 25.1 Å². The molecule has 1 aromatic rings. The molecule has 0 aromatic heterocycles. The van der Waals surface area contributed by atoms with Gasteiger partial charge >= 0.3 is 0 Å². The minimum atomic E-state index is -0.379. The topological polar surface area (TPSA) is 20.2 Å². The van der Waals surface area contributed by atoms with Crippen molar-refractivity contribution in [2.45, 2.75) is 25.4 Å². The molecule has 1 N–H and O–H groups in total. The summed E-state index contributed by atoms with van der Waals surface area (Å²) in [6.45, 7) is 1.92. The molecule has 1 aliphatic carbocycles. The van der Waals surface area contributed by atoms with Crippen LogP contribution in [0.1, 0.15) is 18.9 Å². The molecule has 1 heteroatoms. The molecule has 64 valence electrons. The minimum Gasteiger partial charge on any atom is -0.390 e. The molecule has 1 fully saturated rings. The molecule has 12 heavy (non-hydrogen) atoms. The Morgan fingerprint density at radius 3 is 2.50 bits per heavy atom. The molecule has 0 spiro atoms. The maximum absolute atomic E-state index is 9.55. The second-order valence-corrected chi connectivity index (χ2v) is 3.95. The van der Waals surface area contributed by atoms with Gasteiger partial charge in [-0.2, -0.15) is 0 Å². The Hall–Kier alpha value is -0.820. The van der Waals surface area contributed by atoms with Crippen LogP contribution in [0.15, 0.2) is 30.3 Å². The third kappa shape index (κ3) is 1.51. The van der Waals surface area contributed by atoms with Crippen molar-refractivity contribution in [3.05, 3.63) is 35.9 Å². The van der Waals surface area contributed by atoms with Crippen molar-refractivity contribution in [1.29, 1.82) is 0 Å². The molecule has 2 atom stereocenters. The lowest BCUT2D eigenvalue weighted by atomic mass is 10.1. The third-order valence-corrected chi connectivity index (χ3v) is 2.70. The van der Waals surface area contributed by atoms with E-state index in [-0.39, 0.29) is 5.60 Å². The molecule has 1 aliphatic rings. The number of hydrogen-bond donors (Lipinski definition) is 1. The van der Waals surface area contributed by atoms with Gasteiger partial charge in [-0.25, -0.2) is 0 Å². The molecular formula is C11H14O. The normalized spacial score (nSPS) is 33.3. The highest BCUT2D eigenvalue weighted by atomic mass is 16.3. The molecule has 0 aliphatic heterocycles. The maximum Gasteiger partial charge on any atom is 0.0655 e. The van der Waals surface area contributed by atoms with Crippen LogP contribution in [0.5, 0.6) is 0 Å². The van der Waals surface area contributed by atoms with Crippen molar-refractivity contribution in [2.24, 2.45) is 5.92 Å². The zero-order valence-electron chi connectivity index (χ0n) is 7.33. The molecule has 0 bridgehead atoms. The van der Waals surface area contributed by atoms with Crippen LogP contribution in [0.25, 0.3) is 0 Å². The van der Waals surface area contributed by atoms with Gasteiger partial charge in [-0.05, 0) is 31.2 Å². The van der Waals surface area contributed by atoms with Crippen molar-refractivity contribution in [1.82, 2.24) is 0 Å². The molecule has 0 saturated heterocycles. The van der Waals surface area contributed by atoms with E-state index in [2.05, 4.69) is 12.1 Å². The predicted molar refractivity (Wildman–Crippen MR) is 48.9 cm³/mol. The largest absolute Gasteiger partial charge is 0.390 e. The van der Waals surface area contributed by atoms with E-state index in [1.54, 1.807) is 0 Å². The van der Waals surface area contributed by atoms with Crippen molar-refractivity contribution >= 4 is 0 Å². The fourth-order valence-corrected chi connectivity index (χ4v) is 1.63. The molecule has 0 amide bonds. The van der Waals surface area contributed by atoms with Crippen LogP contribution in [-0.4, -0.2) is 10.7 Å². The van der Waals surface area contributed by atoms with Crippen LogP contribution < -0.4 is 0 Å². The van der Waals surface area contributed by atoms with Crippen LogP contribution >= 0.6 is 0 Å². The summed E-state index contributed by atoms with van der Waals surface area (Å²) in [7, 11) is 0. The number of rotatable bonds is 2. The maximum atomic E-state index is 9.55. The number of benzene rings is 1. The highest BCUT2D eigenvalue weighted by molar-refractivity contribution is 5.18. The van der Waals surface area contributed by atoms with E-state index in [0.29, 0.717) is 5.92 Å². The smallest absolute Gasteiger partial charge is 0.0655 e. The van der Waals surface area contributed by atoms with Gasteiger partial charge < -0.3 is 5.11 Å². The summed E-state index contributed by atoms with van der Waals surface area (Å²) < 4.78 is 0. The molecular weight excluding hydrogens is 148 g/mol. The van der Waals surface area contributed by atoms with E-state index in [0.717, 1.165) is 12.8 Å². The van der Waals surface area contributed by atoms with E-state index < -0.39 is 0 Å². The van der Waals surface area contributed by atoms with Crippen LogP contribution in [0.3, 0.4) is 0 Å². The van der Waals surface area contributed by atoms with Crippen molar-refractivity contribution in [3.63, 3.8) is 0 Å². The van der Waals surface area contributed by atoms with E-state index >= 15 is 0 Å². The summed E-state index contributed by atoms with van der Waals surface area (Å²) in [5.74, 6) is 0.486. The lowest BCUT2D eigenvalue weighted by molar-refractivity contribution is 0.152. The Kier molecular flexibility index (Phi) is 1.69. The first-order valence-electron chi connectivity index (χ1n) is 4.45. The van der Waals surface area contributed by atoms with Crippen LogP contribution in [0.4, 0.5) is 0 Å². The monoisotopic (exact) mass is 162 g/mol. The average molecular weight is 162 g/mol. The van der Waals surface area contributed by atoms with Gasteiger partial charge in [0, 0.05) is 0 Å². The fraction of sp³-hybridized carbons (Fsp3) is 0.455. The summed E-state index contributed by atoms with van der Waals surface area (Å²) in [5.41, 5.74) is 0.954. The van der Waals surface area contributed by atoms with Crippen LogP contribution in [-0.2, 0) is 6.42 Å². The van der Waals surface area contributed by atoms with Gasteiger partial charge in [0.25, 0.3) is 0 Å². The third-order valence-electron chi connectivity index (χ3n) is 2.70. The number of hydrogen-bond acceptors (Lipinski definition) is 1. The zero-order chi connectivity index (χ0) is 8.60. The molecule has 2 rings (SSSR count). The fourth-order valence-electron chi connectivity index (χ4n) is 1.63. The van der Waals surface area contributed by atoms with Crippen molar-refractivity contribution in [2.75, 3.05) is 0 Å². The molecule has 0 radical (unpaired) electrons. The standard InChI is InChI=1S/C11H14O/c1-11(12)8-10(11)7-9-5-3-2-4-6-9/h2-6,10,12H,7-8H2,1H3/t10-,11-/m1/s1. The summed E-state index contributed by atoms with van der Waals surface area (Å²) in [5, 5.41) is 9.55. The minimum absolute atomic E-state index is 0.379.